The Bertz CT molecular complexity index is 919. The number of hydrogen-bond acceptors (Lipinski definition) is 6. The van der Waals surface area contributed by atoms with Crippen LogP contribution in [-0.2, 0) is 20.3 Å². The fourth-order valence-electron chi connectivity index (χ4n) is 2.18. The molecule has 0 heterocycles. The summed E-state index contributed by atoms with van der Waals surface area (Å²) in [6.45, 7) is -0.546. The summed E-state index contributed by atoms with van der Waals surface area (Å²) in [5, 5.41) is 0. The number of ketones is 1. The predicted octanol–water partition coefficient (Wildman–Crippen LogP) is 2.42. The Kier molecular flexibility index (Phi) is 6.10. The van der Waals surface area contributed by atoms with Crippen molar-refractivity contribution >= 4 is 21.6 Å². The molecule has 138 valence electrons. The normalized spacial score (nSPS) is 11.0. The highest BCUT2D eigenvalue weighted by Gasteiger charge is 2.14. The molecule has 0 fully saturated rings. The van der Waals surface area contributed by atoms with E-state index < -0.39 is 34.0 Å². The fraction of sp³-hybridized carbons (Fsp3) is 0.222. The second-order valence-electron chi connectivity index (χ2n) is 5.62. The Hall–Kier alpha value is -2.74. The van der Waals surface area contributed by atoms with Crippen molar-refractivity contribution < 1.29 is 31.9 Å². The van der Waals surface area contributed by atoms with E-state index in [1.54, 1.807) is 0 Å². The van der Waals surface area contributed by atoms with Gasteiger partial charge >= 0.3 is 5.97 Å². The average Bonchev–Trinajstić information content (AvgIpc) is 2.58. The van der Waals surface area contributed by atoms with E-state index in [-0.39, 0.29) is 22.6 Å². The van der Waals surface area contributed by atoms with Crippen LogP contribution in [0.5, 0.6) is 5.75 Å². The number of carbonyl (C=O) groups excluding carboxylic acids is 2. The van der Waals surface area contributed by atoms with Crippen LogP contribution in [-0.4, -0.2) is 40.1 Å². The van der Waals surface area contributed by atoms with E-state index in [2.05, 4.69) is 0 Å². The van der Waals surface area contributed by atoms with Gasteiger partial charge in [-0.2, -0.15) is 0 Å². The maximum atomic E-state index is 13.6. The van der Waals surface area contributed by atoms with Gasteiger partial charge in [0.15, 0.2) is 33.8 Å². The lowest BCUT2D eigenvalue weighted by atomic mass is 10.1. The van der Waals surface area contributed by atoms with Crippen LogP contribution in [0.15, 0.2) is 42.5 Å². The third-order valence-electron chi connectivity index (χ3n) is 3.43. The van der Waals surface area contributed by atoms with Gasteiger partial charge in [0.2, 0.25) is 0 Å². The number of Topliss-reactive ketones (excluding diaryl/α,β-unsaturated/α-hetero) is 1. The first-order valence-corrected chi connectivity index (χ1v) is 9.56. The molecule has 0 spiro atoms. The molecule has 2 rings (SSSR count). The minimum Gasteiger partial charge on any atom is -0.494 e. The van der Waals surface area contributed by atoms with Gasteiger partial charge in [-0.3, -0.25) is 4.79 Å². The van der Waals surface area contributed by atoms with Crippen molar-refractivity contribution in [3.05, 3.63) is 65.0 Å². The number of halogens is 1. The molecule has 2 aromatic carbocycles. The summed E-state index contributed by atoms with van der Waals surface area (Å²) in [5.41, 5.74) is 0.768. The molecule has 26 heavy (non-hydrogen) atoms. The van der Waals surface area contributed by atoms with Crippen LogP contribution < -0.4 is 4.74 Å². The van der Waals surface area contributed by atoms with E-state index >= 15 is 0 Å². The second-order valence-corrected chi connectivity index (χ2v) is 7.76. The average molecular weight is 380 g/mol. The summed E-state index contributed by atoms with van der Waals surface area (Å²) in [5.74, 6) is -2.12. The van der Waals surface area contributed by atoms with Crippen molar-refractivity contribution in [2.45, 2.75) is 5.75 Å². The number of rotatable bonds is 7. The first kappa shape index (κ1) is 19.6. The number of carbonyl (C=O) groups is 2. The largest absolute Gasteiger partial charge is 0.494 e. The Morgan fingerprint density at radius 2 is 1.65 bits per heavy atom. The SMILES string of the molecule is COc1ccc(C(=O)COC(=O)c2ccc(CS(C)(=O)=O)cc2)cc1F. The zero-order valence-corrected chi connectivity index (χ0v) is 15.0. The first-order valence-electron chi connectivity index (χ1n) is 7.50. The van der Waals surface area contributed by atoms with Crippen LogP contribution in [0.25, 0.3) is 0 Å². The quantitative estimate of drug-likeness (QED) is 0.542. The summed E-state index contributed by atoms with van der Waals surface area (Å²) in [4.78, 5) is 23.9. The highest BCUT2D eigenvalue weighted by atomic mass is 32.2. The maximum absolute atomic E-state index is 13.6. The van der Waals surface area contributed by atoms with Gasteiger partial charge in [-0.1, -0.05) is 12.1 Å². The molecular formula is C18H17FO6S. The number of benzene rings is 2. The van der Waals surface area contributed by atoms with Crippen molar-refractivity contribution in [1.82, 2.24) is 0 Å². The smallest absolute Gasteiger partial charge is 0.338 e. The molecule has 6 nitrogen and oxygen atoms in total. The van der Waals surface area contributed by atoms with Crippen LogP contribution in [0.4, 0.5) is 4.39 Å². The molecule has 0 aromatic heterocycles. The summed E-state index contributed by atoms with van der Waals surface area (Å²) in [7, 11) is -1.86. The lowest BCUT2D eigenvalue weighted by molar-refractivity contribution is 0.0474. The lowest BCUT2D eigenvalue weighted by Crippen LogP contribution is -2.14. The van der Waals surface area contributed by atoms with E-state index in [1.807, 2.05) is 0 Å². The minimum atomic E-state index is -3.17. The van der Waals surface area contributed by atoms with Gasteiger partial charge in [0.1, 0.15) is 0 Å². The molecule has 2 aromatic rings. The Morgan fingerprint density at radius 1 is 1.04 bits per heavy atom. The molecule has 0 saturated carbocycles. The summed E-state index contributed by atoms with van der Waals surface area (Å²) < 4.78 is 45.8. The predicted molar refractivity (Wildman–Crippen MR) is 92.6 cm³/mol. The maximum Gasteiger partial charge on any atom is 0.338 e. The summed E-state index contributed by atoms with van der Waals surface area (Å²) >= 11 is 0. The molecule has 0 saturated heterocycles. The second kappa shape index (κ2) is 8.09. The van der Waals surface area contributed by atoms with Gasteiger partial charge in [0.25, 0.3) is 0 Å². The number of ether oxygens (including phenoxy) is 2. The van der Waals surface area contributed by atoms with Crippen molar-refractivity contribution in [2.24, 2.45) is 0 Å². The number of esters is 1. The molecule has 0 unspecified atom stereocenters. The minimum absolute atomic E-state index is 0.00716. The van der Waals surface area contributed by atoms with Crippen molar-refractivity contribution in [1.29, 1.82) is 0 Å². The van der Waals surface area contributed by atoms with Gasteiger partial charge in [-0.25, -0.2) is 17.6 Å². The molecule has 0 aliphatic carbocycles. The molecule has 0 N–H and O–H groups in total. The van der Waals surface area contributed by atoms with Crippen molar-refractivity contribution in [3.63, 3.8) is 0 Å². The number of sulfone groups is 1. The zero-order valence-electron chi connectivity index (χ0n) is 14.2. The lowest BCUT2D eigenvalue weighted by Gasteiger charge is -2.07. The van der Waals surface area contributed by atoms with Crippen LogP contribution in [0, 0.1) is 5.82 Å². The summed E-state index contributed by atoms with van der Waals surface area (Å²) in [6.07, 6.45) is 1.11. The van der Waals surface area contributed by atoms with Gasteiger partial charge in [-0.15, -0.1) is 0 Å². The first-order chi connectivity index (χ1) is 12.2. The number of methoxy groups -OCH3 is 1. The molecule has 0 aliphatic heterocycles. The topological polar surface area (TPSA) is 86.7 Å². The van der Waals surface area contributed by atoms with E-state index in [0.717, 1.165) is 12.3 Å². The van der Waals surface area contributed by atoms with Crippen molar-refractivity contribution in [3.8, 4) is 5.75 Å². The van der Waals surface area contributed by atoms with Gasteiger partial charge < -0.3 is 9.47 Å². The fourth-order valence-corrected chi connectivity index (χ4v) is 2.98. The monoisotopic (exact) mass is 380 g/mol. The van der Waals surface area contributed by atoms with Crippen LogP contribution in [0.3, 0.4) is 0 Å². The molecular weight excluding hydrogens is 363 g/mol. The molecule has 0 atom stereocenters. The highest BCUT2D eigenvalue weighted by Crippen LogP contribution is 2.18. The van der Waals surface area contributed by atoms with Gasteiger partial charge in [0, 0.05) is 11.8 Å². The molecule has 0 bridgehead atoms. The molecule has 0 radical (unpaired) electrons. The zero-order chi connectivity index (χ0) is 19.3. The van der Waals surface area contributed by atoms with E-state index in [0.29, 0.717) is 5.56 Å². The van der Waals surface area contributed by atoms with Gasteiger partial charge in [0.05, 0.1) is 18.4 Å². The van der Waals surface area contributed by atoms with E-state index in [1.165, 1.54) is 43.5 Å². The Balaban J connectivity index is 1.97. The molecule has 8 heteroatoms. The standard InChI is InChI=1S/C18H17FO6S/c1-24-17-8-7-14(9-15(17)19)16(20)10-25-18(21)13-5-3-12(4-6-13)11-26(2,22)23/h3-9H,10-11H2,1-2H3. The van der Waals surface area contributed by atoms with Crippen LogP contribution >= 0.6 is 0 Å². The van der Waals surface area contributed by atoms with Crippen LogP contribution in [0.2, 0.25) is 0 Å². The van der Waals surface area contributed by atoms with Crippen molar-refractivity contribution in [2.75, 3.05) is 20.0 Å². The third kappa shape index (κ3) is 5.38. The summed E-state index contributed by atoms with van der Waals surface area (Å²) in [6, 6.07) is 9.52. The van der Waals surface area contributed by atoms with Crippen LogP contribution in [0.1, 0.15) is 26.3 Å². The van der Waals surface area contributed by atoms with Gasteiger partial charge in [-0.05, 0) is 35.9 Å². The van der Waals surface area contributed by atoms with E-state index in [4.69, 9.17) is 9.47 Å². The Labute approximate surface area is 150 Å². The Morgan fingerprint density at radius 3 is 2.19 bits per heavy atom. The van der Waals surface area contributed by atoms with E-state index in [9.17, 15) is 22.4 Å². The highest BCUT2D eigenvalue weighted by molar-refractivity contribution is 7.89. The molecule has 0 aliphatic rings. The number of hydrogen-bond donors (Lipinski definition) is 0. The molecule has 0 amide bonds. The third-order valence-corrected chi connectivity index (χ3v) is 4.28.